The number of ether oxygens (including phenoxy) is 1. The maximum Gasteiger partial charge on any atom is 0.303 e. The molecule has 0 bridgehead atoms. The Hall–Kier alpha value is -3.44. The van der Waals surface area contributed by atoms with Gasteiger partial charge in [0.1, 0.15) is 6.10 Å². The maximum absolute atomic E-state index is 12.5. The molecule has 5 nitrogen and oxygen atoms in total. The third-order valence-electron chi connectivity index (χ3n) is 5.58. The SMILES string of the molecule is CC(=O)OC(c1cccc(N(Cc2ccccc2)C(C)=O)c1)C(C)(C)NCc1ccccc1. The van der Waals surface area contributed by atoms with Gasteiger partial charge in [0.25, 0.3) is 0 Å². The number of hydrogen-bond donors (Lipinski definition) is 1. The van der Waals surface area contributed by atoms with Crippen LogP contribution in [0.4, 0.5) is 5.69 Å². The summed E-state index contributed by atoms with van der Waals surface area (Å²) in [6.07, 6.45) is -0.538. The average molecular weight is 445 g/mol. The molecule has 0 aliphatic carbocycles. The van der Waals surface area contributed by atoms with Crippen molar-refractivity contribution in [2.45, 2.75) is 52.4 Å². The molecule has 0 aliphatic heterocycles. The number of nitrogens with zero attached hydrogens (tertiary/aromatic N) is 1. The predicted octanol–water partition coefficient (Wildman–Crippen LogP) is 5.41. The Kier molecular flexibility index (Phi) is 8.01. The monoisotopic (exact) mass is 444 g/mol. The Morgan fingerprint density at radius 3 is 2.06 bits per heavy atom. The van der Waals surface area contributed by atoms with E-state index in [0.717, 1.165) is 22.4 Å². The zero-order valence-electron chi connectivity index (χ0n) is 19.7. The van der Waals surface area contributed by atoms with Crippen LogP contribution in [-0.2, 0) is 27.4 Å². The number of benzene rings is 3. The molecule has 0 aliphatic rings. The summed E-state index contributed by atoms with van der Waals surface area (Å²) in [6, 6.07) is 27.6. The van der Waals surface area contributed by atoms with E-state index in [4.69, 9.17) is 4.74 Å². The van der Waals surface area contributed by atoms with Crippen LogP contribution < -0.4 is 10.2 Å². The summed E-state index contributed by atoms with van der Waals surface area (Å²) in [5, 5.41) is 3.53. The Bertz CT molecular complexity index is 1060. The third-order valence-corrected chi connectivity index (χ3v) is 5.58. The van der Waals surface area contributed by atoms with E-state index >= 15 is 0 Å². The minimum atomic E-state index is -0.555. The first-order valence-corrected chi connectivity index (χ1v) is 11.1. The van der Waals surface area contributed by atoms with E-state index in [2.05, 4.69) is 17.4 Å². The van der Waals surface area contributed by atoms with Crippen molar-refractivity contribution in [3.05, 3.63) is 102 Å². The van der Waals surface area contributed by atoms with Crippen LogP contribution in [0.1, 0.15) is 50.5 Å². The number of nitrogens with one attached hydrogen (secondary N) is 1. The van der Waals surface area contributed by atoms with Gasteiger partial charge in [0.2, 0.25) is 5.91 Å². The summed E-state index contributed by atoms with van der Waals surface area (Å²) in [7, 11) is 0. The van der Waals surface area contributed by atoms with E-state index in [1.165, 1.54) is 6.92 Å². The van der Waals surface area contributed by atoms with Crippen LogP contribution in [0.3, 0.4) is 0 Å². The lowest BCUT2D eigenvalue weighted by Gasteiger charge is -2.35. The van der Waals surface area contributed by atoms with Crippen LogP contribution in [0.25, 0.3) is 0 Å². The second kappa shape index (κ2) is 10.9. The van der Waals surface area contributed by atoms with E-state index in [1.54, 1.807) is 11.8 Å². The van der Waals surface area contributed by atoms with E-state index in [1.807, 2.05) is 86.6 Å². The van der Waals surface area contributed by atoms with Gasteiger partial charge in [-0.2, -0.15) is 0 Å². The quantitative estimate of drug-likeness (QED) is 0.448. The van der Waals surface area contributed by atoms with Gasteiger partial charge in [-0.05, 0) is 42.7 Å². The molecule has 3 rings (SSSR count). The first-order valence-electron chi connectivity index (χ1n) is 11.1. The molecule has 33 heavy (non-hydrogen) atoms. The molecule has 1 unspecified atom stereocenters. The summed E-state index contributed by atoms with van der Waals surface area (Å²) >= 11 is 0. The van der Waals surface area contributed by atoms with Crippen molar-refractivity contribution in [2.75, 3.05) is 4.90 Å². The molecule has 172 valence electrons. The number of carbonyl (C=O) groups is 2. The molecule has 5 heteroatoms. The summed E-state index contributed by atoms with van der Waals surface area (Å²) in [6.45, 7) is 8.12. The van der Waals surface area contributed by atoms with Crippen LogP contribution in [0.15, 0.2) is 84.9 Å². The van der Waals surface area contributed by atoms with Crippen molar-refractivity contribution in [3.63, 3.8) is 0 Å². The first-order chi connectivity index (χ1) is 15.8. The van der Waals surface area contributed by atoms with Gasteiger partial charge in [-0.3, -0.25) is 9.59 Å². The topological polar surface area (TPSA) is 58.6 Å². The number of rotatable bonds is 9. The lowest BCUT2D eigenvalue weighted by atomic mass is 9.90. The highest BCUT2D eigenvalue weighted by molar-refractivity contribution is 5.91. The van der Waals surface area contributed by atoms with Crippen molar-refractivity contribution >= 4 is 17.6 Å². The van der Waals surface area contributed by atoms with Crippen LogP contribution in [-0.4, -0.2) is 17.4 Å². The largest absolute Gasteiger partial charge is 0.456 e. The molecular weight excluding hydrogens is 412 g/mol. The third kappa shape index (κ3) is 6.77. The van der Waals surface area contributed by atoms with Gasteiger partial charge in [0, 0.05) is 26.1 Å². The number of anilines is 1. The molecule has 1 N–H and O–H groups in total. The van der Waals surface area contributed by atoms with Crippen LogP contribution in [0.2, 0.25) is 0 Å². The van der Waals surface area contributed by atoms with Gasteiger partial charge in [-0.25, -0.2) is 0 Å². The molecule has 1 amide bonds. The normalized spacial score (nSPS) is 12.1. The molecule has 0 aromatic heterocycles. The molecular formula is C28H32N2O3. The lowest BCUT2D eigenvalue weighted by Crippen LogP contribution is -2.46. The molecule has 0 saturated carbocycles. The van der Waals surface area contributed by atoms with Crippen LogP contribution in [0.5, 0.6) is 0 Å². The van der Waals surface area contributed by atoms with Gasteiger partial charge in [0.05, 0.1) is 12.1 Å². The Balaban J connectivity index is 1.88. The van der Waals surface area contributed by atoms with Crippen molar-refractivity contribution < 1.29 is 14.3 Å². The Labute approximate surface area is 196 Å². The second-order valence-corrected chi connectivity index (χ2v) is 8.74. The molecule has 0 saturated heterocycles. The van der Waals surface area contributed by atoms with E-state index in [9.17, 15) is 9.59 Å². The number of esters is 1. The highest BCUT2D eigenvalue weighted by Crippen LogP contribution is 2.33. The summed E-state index contributed by atoms with van der Waals surface area (Å²) in [5.74, 6) is -0.408. The van der Waals surface area contributed by atoms with Crippen molar-refractivity contribution in [3.8, 4) is 0 Å². The molecule has 1 atom stereocenters. The highest BCUT2D eigenvalue weighted by Gasteiger charge is 2.33. The standard InChI is InChI=1S/C28H32N2O3/c1-21(31)30(20-24-14-9-6-10-15-24)26-17-11-16-25(18-26)27(33-22(2)32)28(3,4)29-19-23-12-7-5-8-13-23/h5-18,27,29H,19-20H2,1-4H3. The number of amides is 1. The average Bonchev–Trinajstić information content (AvgIpc) is 2.81. The summed E-state index contributed by atoms with van der Waals surface area (Å²) in [4.78, 5) is 26.2. The smallest absolute Gasteiger partial charge is 0.303 e. The van der Waals surface area contributed by atoms with Crippen LogP contribution >= 0.6 is 0 Å². The van der Waals surface area contributed by atoms with Crippen molar-refractivity contribution in [1.82, 2.24) is 5.32 Å². The fraction of sp³-hybridized carbons (Fsp3) is 0.286. The fourth-order valence-corrected chi connectivity index (χ4v) is 3.82. The molecule has 0 fully saturated rings. The molecule has 3 aromatic rings. The lowest BCUT2D eigenvalue weighted by molar-refractivity contribution is -0.150. The van der Waals surface area contributed by atoms with Gasteiger partial charge in [-0.1, -0.05) is 72.8 Å². The molecule has 0 spiro atoms. The van der Waals surface area contributed by atoms with Gasteiger partial charge in [0.15, 0.2) is 0 Å². The van der Waals surface area contributed by atoms with Crippen molar-refractivity contribution in [1.29, 1.82) is 0 Å². The predicted molar refractivity (Wildman–Crippen MR) is 132 cm³/mol. The first kappa shape index (κ1) is 24.2. The number of carbonyl (C=O) groups excluding carboxylic acids is 2. The molecule has 3 aromatic carbocycles. The van der Waals surface area contributed by atoms with Gasteiger partial charge in [-0.15, -0.1) is 0 Å². The minimum Gasteiger partial charge on any atom is -0.456 e. The number of hydrogen-bond acceptors (Lipinski definition) is 4. The molecule has 0 heterocycles. The minimum absolute atomic E-state index is 0.0542. The van der Waals surface area contributed by atoms with Gasteiger partial charge >= 0.3 is 5.97 Å². The Morgan fingerprint density at radius 1 is 0.879 bits per heavy atom. The highest BCUT2D eigenvalue weighted by atomic mass is 16.5. The maximum atomic E-state index is 12.5. The Morgan fingerprint density at radius 2 is 1.48 bits per heavy atom. The fourth-order valence-electron chi connectivity index (χ4n) is 3.82. The zero-order chi connectivity index (χ0) is 23.8. The van der Waals surface area contributed by atoms with E-state index in [0.29, 0.717) is 13.1 Å². The summed E-state index contributed by atoms with van der Waals surface area (Å²) < 4.78 is 5.80. The zero-order valence-corrected chi connectivity index (χ0v) is 19.7. The van der Waals surface area contributed by atoms with Crippen molar-refractivity contribution in [2.24, 2.45) is 0 Å². The van der Waals surface area contributed by atoms with E-state index < -0.39 is 11.6 Å². The molecule has 0 radical (unpaired) electrons. The second-order valence-electron chi connectivity index (χ2n) is 8.74. The van der Waals surface area contributed by atoms with Gasteiger partial charge < -0.3 is 15.0 Å². The summed E-state index contributed by atoms with van der Waals surface area (Å²) in [5.41, 5.74) is 3.22. The van der Waals surface area contributed by atoms with E-state index in [-0.39, 0.29) is 11.9 Å². The van der Waals surface area contributed by atoms with Crippen LogP contribution in [0, 0.1) is 0 Å².